The molecule has 1 fully saturated rings. The number of nitrogens with one attached hydrogen (secondary N) is 1. The summed E-state index contributed by atoms with van der Waals surface area (Å²) >= 11 is 0. The van der Waals surface area contributed by atoms with E-state index in [0.29, 0.717) is 53.9 Å². The molecule has 11 heteroatoms. The Balaban J connectivity index is 1.48. The Morgan fingerprint density at radius 3 is 2.38 bits per heavy atom. The van der Waals surface area contributed by atoms with Crippen LogP contribution in [0.25, 0.3) is 22.6 Å². The number of ether oxygens (including phenoxy) is 1. The predicted octanol–water partition coefficient (Wildman–Crippen LogP) is 7.41. The molecule has 0 aliphatic carbocycles. The molecule has 4 aromatic rings. The van der Waals surface area contributed by atoms with Gasteiger partial charge in [0.05, 0.1) is 35.5 Å². The number of halogens is 3. The second-order valence-corrected chi connectivity index (χ2v) is 12.2. The van der Waals surface area contributed by atoms with Crippen LogP contribution in [-0.2, 0) is 11.0 Å². The Bertz CT molecular complexity index is 1620. The van der Waals surface area contributed by atoms with Crippen LogP contribution < -0.4 is 10.1 Å². The number of aromatic nitrogens is 4. The minimum Gasteiger partial charge on any atom is -0.424 e. The van der Waals surface area contributed by atoms with Crippen LogP contribution in [0.5, 0.6) is 11.8 Å². The number of imidazole rings is 1. The molecule has 1 saturated heterocycles. The van der Waals surface area contributed by atoms with Crippen LogP contribution >= 0.6 is 0 Å². The molecule has 2 aromatic heterocycles. The van der Waals surface area contributed by atoms with Gasteiger partial charge in [0.25, 0.3) is 0 Å². The van der Waals surface area contributed by atoms with Crippen molar-refractivity contribution in [3.05, 3.63) is 77.7 Å². The third kappa shape index (κ3) is 7.70. The highest BCUT2D eigenvalue weighted by atomic mass is 19.4. The van der Waals surface area contributed by atoms with E-state index in [1.165, 1.54) is 12.1 Å². The monoisotopic (exact) mass is 620 g/mol. The maximum absolute atomic E-state index is 13.3. The zero-order chi connectivity index (χ0) is 32.3. The topological polar surface area (TPSA) is 85.2 Å². The first kappa shape index (κ1) is 32.2. The summed E-state index contributed by atoms with van der Waals surface area (Å²) in [4.78, 5) is 28.3. The quantitative estimate of drug-likeness (QED) is 0.210. The second kappa shape index (κ2) is 13.4. The van der Waals surface area contributed by atoms with E-state index < -0.39 is 11.7 Å². The van der Waals surface area contributed by atoms with Gasteiger partial charge in [-0.2, -0.15) is 18.2 Å². The van der Waals surface area contributed by atoms with E-state index in [4.69, 9.17) is 14.7 Å². The first-order chi connectivity index (χ1) is 21.4. The molecule has 0 bridgehead atoms. The molecule has 0 unspecified atom stereocenters. The number of carbonyl (C=O) groups excluding carboxylic acids is 1. The van der Waals surface area contributed by atoms with Gasteiger partial charge in [0.1, 0.15) is 5.75 Å². The van der Waals surface area contributed by atoms with Gasteiger partial charge in [0.2, 0.25) is 5.91 Å². The summed E-state index contributed by atoms with van der Waals surface area (Å²) < 4.78 is 48.2. The number of rotatable bonds is 9. The largest absolute Gasteiger partial charge is 0.424 e. The van der Waals surface area contributed by atoms with Gasteiger partial charge in [-0.3, -0.25) is 9.69 Å². The van der Waals surface area contributed by atoms with Crippen LogP contribution in [0.2, 0.25) is 0 Å². The second-order valence-electron chi connectivity index (χ2n) is 12.2. The molecule has 0 radical (unpaired) electrons. The van der Waals surface area contributed by atoms with Gasteiger partial charge in [-0.25, -0.2) is 9.97 Å². The van der Waals surface area contributed by atoms with Crippen LogP contribution in [0.3, 0.4) is 0 Å². The number of benzene rings is 2. The Morgan fingerprint density at radius 2 is 1.73 bits per heavy atom. The maximum atomic E-state index is 13.3. The molecule has 1 N–H and O–H groups in total. The third-order valence-corrected chi connectivity index (χ3v) is 8.00. The summed E-state index contributed by atoms with van der Waals surface area (Å²) in [7, 11) is 0. The number of likely N-dealkylation sites (tertiary alicyclic amines) is 1. The average Bonchev–Trinajstić information content (AvgIpc) is 3.43. The van der Waals surface area contributed by atoms with E-state index in [2.05, 4.69) is 39.7 Å². The van der Waals surface area contributed by atoms with Crippen molar-refractivity contribution in [1.29, 1.82) is 0 Å². The van der Waals surface area contributed by atoms with Gasteiger partial charge < -0.3 is 14.6 Å². The Kier molecular flexibility index (Phi) is 9.57. The number of hydrogen-bond donors (Lipinski definition) is 1. The summed E-state index contributed by atoms with van der Waals surface area (Å²) in [6.07, 6.45) is 0.432. The van der Waals surface area contributed by atoms with Gasteiger partial charge >= 0.3 is 12.2 Å². The van der Waals surface area contributed by atoms with Crippen LogP contribution in [-0.4, -0.2) is 56.0 Å². The van der Waals surface area contributed by atoms with Crippen LogP contribution in [0.4, 0.5) is 13.2 Å². The minimum atomic E-state index is -4.44. The summed E-state index contributed by atoms with van der Waals surface area (Å²) in [5.74, 6) is 0.972. The first-order valence-electron chi connectivity index (χ1n) is 15.3. The smallest absolute Gasteiger partial charge is 0.416 e. The maximum Gasteiger partial charge on any atom is 0.416 e. The number of nitrogens with zero attached hydrogens (tertiary/aromatic N) is 5. The minimum absolute atomic E-state index is 0.000887. The first-order valence-corrected chi connectivity index (χ1v) is 15.3. The lowest BCUT2D eigenvalue weighted by Crippen LogP contribution is -2.43. The van der Waals surface area contributed by atoms with E-state index in [1.807, 2.05) is 32.9 Å². The molecule has 238 valence electrons. The summed E-state index contributed by atoms with van der Waals surface area (Å²) in [5, 5.41) is 2.94. The van der Waals surface area contributed by atoms with E-state index in [-0.39, 0.29) is 24.0 Å². The van der Waals surface area contributed by atoms with Gasteiger partial charge in [0, 0.05) is 36.9 Å². The highest BCUT2D eigenvalue weighted by Crippen LogP contribution is 2.38. The number of alkyl halides is 3. The molecule has 0 saturated carbocycles. The fourth-order valence-electron chi connectivity index (χ4n) is 5.55. The lowest BCUT2D eigenvalue weighted by Gasteiger charge is -2.33. The zero-order valence-electron chi connectivity index (χ0n) is 26.2. The highest BCUT2D eigenvalue weighted by Gasteiger charge is 2.31. The lowest BCUT2D eigenvalue weighted by atomic mass is 10.0. The van der Waals surface area contributed by atoms with Gasteiger partial charge in [-0.05, 0) is 74.9 Å². The highest BCUT2D eigenvalue weighted by molar-refractivity contribution is 5.78. The van der Waals surface area contributed by atoms with Gasteiger partial charge in [-0.1, -0.05) is 38.1 Å². The molecule has 5 rings (SSSR count). The fourth-order valence-corrected chi connectivity index (χ4v) is 5.55. The molecule has 0 atom stereocenters. The van der Waals surface area contributed by atoms with E-state index in [1.54, 1.807) is 18.6 Å². The van der Waals surface area contributed by atoms with Crippen molar-refractivity contribution in [3.63, 3.8) is 0 Å². The zero-order valence-corrected chi connectivity index (χ0v) is 26.2. The number of piperidine rings is 1. The molecule has 0 spiro atoms. The van der Waals surface area contributed by atoms with Crippen molar-refractivity contribution < 1.29 is 22.7 Å². The van der Waals surface area contributed by atoms with Crippen molar-refractivity contribution in [2.75, 3.05) is 19.6 Å². The molecule has 45 heavy (non-hydrogen) atoms. The van der Waals surface area contributed by atoms with E-state index >= 15 is 0 Å². The molecule has 8 nitrogen and oxygen atoms in total. The average molecular weight is 621 g/mol. The van der Waals surface area contributed by atoms with E-state index in [0.717, 1.165) is 36.1 Å². The standard InChI is InChI=1S/C34H39F3N6O2/c1-21(2)25-7-6-23(5)29(18-25)45-33-38-15-12-28(41-33)32-31(24-8-10-26(11-9-24)34(35,36)37)39-20-43(32)27-13-16-42(17-14-27)19-30(44)40-22(3)4/h6-12,15,18,20-22,27H,13-14,16-17,19H2,1-5H3,(H,40,44). The van der Waals surface area contributed by atoms with Gasteiger partial charge in [0.15, 0.2) is 0 Å². The normalized spacial score (nSPS) is 14.7. The van der Waals surface area contributed by atoms with E-state index in [9.17, 15) is 18.0 Å². The number of carbonyl (C=O) groups is 1. The SMILES string of the molecule is Cc1ccc(C(C)C)cc1Oc1nccc(-c2c(-c3ccc(C(F)(F)F)cc3)ncn2C2CCN(CC(=O)NC(C)C)CC2)n1. The van der Waals surface area contributed by atoms with Crippen molar-refractivity contribution in [2.45, 2.75) is 71.6 Å². The molecular formula is C34H39F3N6O2. The lowest BCUT2D eigenvalue weighted by molar-refractivity contribution is -0.137. The molecule has 1 aliphatic rings. The fraction of sp³-hybridized carbons (Fsp3) is 0.412. The third-order valence-electron chi connectivity index (χ3n) is 8.00. The van der Waals surface area contributed by atoms with Crippen LogP contribution in [0.1, 0.15) is 69.2 Å². The van der Waals surface area contributed by atoms with Crippen molar-refractivity contribution >= 4 is 5.91 Å². The van der Waals surface area contributed by atoms with Crippen molar-refractivity contribution in [1.82, 2.24) is 29.7 Å². The van der Waals surface area contributed by atoms with Crippen LogP contribution in [0.15, 0.2) is 61.1 Å². The van der Waals surface area contributed by atoms with Crippen molar-refractivity contribution in [2.24, 2.45) is 0 Å². The number of hydrogen-bond acceptors (Lipinski definition) is 6. The summed E-state index contributed by atoms with van der Waals surface area (Å²) in [5.41, 5.74) is 3.62. The van der Waals surface area contributed by atoms with Gasteiger partial charge in [-0.15, -0.1) is 0 Å². The van der Waals surface area contributed by atoms with Crippen molar-refractivity contribution in [3.8, 4) is 34.4 Å². The summed E-state index contributed by atoms with van der Waals surface area (Å²) in [6, 6.07) is 13.1. The molecule has 3 heterocycles. The van der Waals surface area contributed by atoms with Crippen LogP contribution in [0, 0.1) is 6.92 Å². The Labute approximate surface area is 261 Å². The Morgan fingerprint density at radius 1 is 1.02 bits per heavy atom. The summed E-state index contributed by atoms with van der Waals surface area (Å²) in [6.45, 7) is 11.8. The molecule has 1 amide bonds. The predicted molar refractivity (Wildman–Crippen MR) is 167 cm³/mol. The molecule has 1 aliphatic heterocycles. The molecular weight excluding hydrogens is 581 g/mol. The number of amides is 1. The Hall–Kier alpha value is -4.25. The molecule has 2 aromatic carbocycles. The number of aryl methyl sites for hydroxylation is 1.